The van der Waals surface area contributed by atoms with Gasteiger partial charge in [0, 0.05) is 35.0 Å². The fourth-order valence-electron chi connectivity index (χ4n) is 4.33. The molecule has 11 heteroatoms. The van der Waals surface area contributed by atoms with E-state index in [2.05, 4.69) is 41.2 Å². The number of fused-ring (bicyclic) bond motifs is 2. The number of alkyl halides is 3. The number of nitrogens with zero attached hydrogens (tertiary/aromatic N) is 4. The summed E-state index contributed by atoms with van der Waals surface area (Å²) in [5.41, 5.74) is 3.38. The molecule has 0 fully saturated rings. The monoisotopic (exact) mass is 592 g/mol. The van der Waals surface area contributed by atoms with Gasteiger partial charge in [0.1, 0.15) is 17.2 Å². The SMILES string of the molecule is CCn1c(Nc2cccc(C(F)(F)F)c2)nc2cc(Oc3ccnc(-c4nc5ccc(Br)cc5[nH]4)c3)ccc21. The van der Waals surface area contributed by atoms with E-state index in [0.29, 0.717) is 46.7 Å². The second-order valence-electron chi connectivity index (χ2n) is 8.76. The smallest absolute Gasteiger partial charge is 0.416 e. The maximum Gasteiger partial charge on any atom is 0.416 e. The third-order valence-corrected chi connectivity index (χ3v) is 6.63. The Labute approximate surface area is 228 Å². The number of aromatic nitrogens is 5. The molecule has 39 heavy (non-hydrogen) atoms. The zero-order chi connectivity index (χ0) is 27.1. The van der Waals surface area contributed by atoms with E-state index in [1.165, 1.54) is 6.07 Å². The Morgan fingerprint density at radius 2 is 1.79 bits per heavy atom. The van der Waals surface area contributed by atoms with Crippen LogP contribution < -0.4 is 10.1 Å². The van der Waals surface area contributed by atoms with Crippen LogP contribution in [0.1, 0.15) is 12.5 Å². The Balaban J connectivity index is 1.27. The number of rotatable bonds is 6. The van der Waals surface area contributed by atoms with Crippen LogP contribution in [0.25, 0.3) is 33.6 Å². The Hall–Kier alpha value is -4.38. The van der Waals surface area contributed by atoms with Crippen LogP contribution in [0.3, 0.4) is 0 Å². The van der Waals surface area contributed by atoms with Gasteiger partial charge >= 0.3 is 6.18 Å². The van der Waals surface area contributed by atoms with Crippen LogP contribution in [0, 0.1) is 0 Å². The number of H-pyrrole nitrogens is 1. The largest absolute Gasteiger partial charge is 0.457 e. The molecular formula is C28H20BrF3N6O. The molecule has 2 N–H and O–H groups in total. The standard InChI is InChI=1S/C28H20BrF3N6O/c1-2-38-25-9-7-19(14-23(25)37-27(38)34-18-5-3-4-16(12-18)28(30,31)32)39-20-10-11-33-24(15-20)26-35-21-8-6-17(29)13-22(21)36-26/h3-15H,2H2,1H3,(H,34,37)(H,35,36). The molecule has 0 spiro atoms. The van der Waals surface area contributed by atoms with E-state index in [1.54, 1.807) is 30.5 Å². The molecule has 3 heterocycles. The van der Waals surface area contributed by atoms with Crippen molar-refractivity contribution in [2.75, 3.05) is 5.32 Å². The average Bonchev–Trinajstić information content (AvgIpc) is 3.48. The summed E-state index contributed by atoms with van der Waals surface area (Å²) in [7, 11) is 0. The molecule has 0 saturated heterocycles. The molecule has 6 aromatic rings. The van der Waals surface area contributed by atoms with Crippen molar-refractivity contribution in [1.29, 1.82) is 0 Å². The Morgan fingerprint density at radius 1 is 0.949 bits per heavy atom. The minimum Gasteiger partial charge on any atom is -0.457 e. The van der Waals surface area contributed by atoms with Crippen LogP contribution in [-0.2, 0) is 12.7 Å². The quantitative estimate of drug-likeness (QED) is 0.203. The number of ether oxygens (including phenoxy) is 1. The minimum atomic E-state index is -4.43. The van der Waals surface area contributed by atoms with Crippen LogP contribution >= 0.6 is 15.9 Å². The first-order valence-electron chi connectivity index (χ1n) is 12.0. The highest BCUT2D eigenvalue weighted by molar-refractivity contribution is 9.10. The summed E-state index contributed by atoms with van der Waals surface area (Å²) in [4.78, 5) is 16.9. The van der Waals surface area contributed by atoms with Crippen molar-refractivity contribution in [2.24, 2.45) is 0 Å². The number of nitrogens with one attached hydrogen (secondary N) is 2. The van der Waals surface area contributed by atoms with Crippen molar-refractivity contribution in [3.05, 3.63) is 89.0 Å². The van der Waals surface area contributed by atoms with Crippen LogP contribution in [0.4, 0.5) is 24.8 Å². The van der Waals surface area contributed by atoms with Gasteiger partial charge in [-0.25, -0.2) is 9.97 Å². The van der Waals surface area contributed by atoms with E-state index in [1.807, 2.05) is 41.8 Å². The number of hydrogen-bond donors (Lipinski definition) is 2. The zero-order valence-corrected chi connectivity index (χ0v) is 22.0. The average molecular weight is 593 g/mol. The van der Waals surface area contributed by atoms with Gasteiger partial charge in [-0.1, -0.05) is 22.0 Å². The van der Waals surface area contributed by atoms with Crippen LogP contribution in [0.5, 0.6) is 11.5 Å². The number of anilines is 2. The molecule has 0 saturated carbocycles. The number of aryl methyl sites for hydroxylation is 1. The molecule has 0 aliphatic rings. The minimum absolute atomic E-state index is 0.300. The molecule has 7 nitrogen and oxygen atoms in total. The molecule has 0 aliphatic heterocycles. The molecule has 0 amide bonds. The molecule has 0 aliphatic carbocycles. The first-order valence-corrected chi connectivity index (χ1v) is 12.8. The first-order chi connectivity index (χ1) is 18.8. The highest BCUT2D eigenvalue weighted by Crippen LogP contribution is 2.33. The van der Waals surface area contributed by atoms with Gasteiger partial charge in [0.2, 0.25) is 5.95 Å². The van der Waals surface area contributed by atoms with Crippen molar-refractivity contribution in [3.63, 3.8) is 0 Å². The van der Waals surface area contributed by atoms with E-state index in [9.17, 15) is 13.2 Å². The summed E-state index contributed by atoms with van der Waals surface area (Å²) < 4.78 is 48.4. The number of hydrogen-bond acceptors (Lipinski definition) is 5. The van der Waals surface area contributed by atoms with Gasteiger partial charge in [0.25, 0.3) is 0 Å². The lowest BCUT2D eigenvalue weighted by atomic mass is 10.2. The summed E-state index contributed by atoms with van der Waals surface area (Å²) in [6, 6.07) is 19.9. The fraction of sp³-hybridized carbons (Fsp3) is 0.107. The molecule has 0 bridgehead atoms. The lowest BCUT2D eigenvalue weighted by Gasteiger charge is -2.11. The number of imidazole rings is 2. The zero-order valence-electron chi connectivity index (χ0n) is 20.4. The van der Waals surface area contributed by atoms with E-state index in [0.717, 1.165) is 33.2 Å². The summed E-state index contributed by atoms with van der Waals surface area (Å²) in [6.07, 6.45) is -2.78. The van der Waals surface area contributed by atoms with Crippen molar-refractivity contribution < 1.29 is 17.9 Å². The highest BCUT2D eigenvalue weighted by Gasteiger charge is 2.30. The molecule has 0 atom stereocenters. The maximum absolute atomic E-state index is 13.2. The molecule has 0 radical (unpaired) electrons. The Morgan fingerprint density at radius 3 is 2.62 bits per heavy atom. The van der Waals surface area contributed by atoms with Crippen molar-refractivity contribution in [3.8, 4) is 23.0 Å². The summed E-state index contributed by atoms with van der Waals surface area (Å²) >= 11 is 3.47. The second kappa shape index (κ2) is 9.73. The predicted molar refractivity (Wildman–Crippen MR) is 147 cm³/mol. The number of halogens is 4. The predicted octanol–water partition coefficient (Wildman–Crippen LogP) is 8.31. The van der Waals surface area contributed by atoms with E-state index in [4.69, 9.17) is 4.74 Å². The van der Waals surface area contributed by atoms with Gasteiger partial charge in [0.05, 0.1) is 27.6 Å². The number of pyridine rings is 1. The van der Waals surface area contributed by atoms with Gasteiger partial charge in [-0.15, -0.1) is 0 Å². The van der Waals surface area contributed by atoms with Crippen molar-refractivity contribution in [1.82, 2.24) is 24.5 Å². The van der Waals surface area contributed by atoms with Gasteiger partial charge in [0.15, 0.2) is 5.82 Å². The van der Waals surface area contributed by atoms with Gasteiger partial charge in [-0.2, -0.15) is 13.2 Å². The molecule has 3 aromatic carbocycles. The van der Waals surface area contributed by atoms with Gasteiger partial charge < -0.3 is 19.6 Å². The van der Waals surface area contributed by atoms with Crippen LogP contribution in [-0.4, -0.2) is 24.5 Å². The van der Waals surface area contributed by atoms with Crippen LogP contribution in [0.2, 0.25) is 0 Å². The lowest BCUT2D eigenvalue weighted by molar-refractivity contribution is -0.137. The van der Waals surface area contributed by atoms with E-state index >= 15 is 0 Å². The number of aromatic amines is 1. The molecule has 3 aromatic heterocycles. The fourth-order valence-corrected chi connectivity index (χ4v) is 4.70. The summed E-state index contributed by atoms with van der Waals surface area (Å²) in [5, 5.41) is 3.02. The number of benzene rings is 3. The highest BCUT2D eigenvalue weighted by atomic mass is 79.9. The first kappa shape index (κ1) is 24.9. The lowest BCUT2D eigenvalue weighted by Crippen LogP contribution is -2.06. The van der Waals surface area contributed by atoms with E-state index in [-0.39, 0.29) is 0 Å². The maximum atomic E-state index is 13.2. The van der Waals surface area contributed by atoms with Gasteiger partial charge in [-0.05, 0) is 61.5 Å². The molecular weight excluding hydrogens is 573 g/mol. The Kier molecular flexibility index (Phi) is 6.22. The van der Waals surface area contributed by atoms with Crippen molar-refractivity contribution >= 4 is 49.6 Å². The summed E-state index contributed by atoms with van der Waals surface area (Å²) in [5.74, 6) is 2.18. The Bertz CT molecular complexity index is 1830. The molecule has 6 rings (SSSR count). The van der Waals surface area contributed by atoms with Crippen LogP contribution in [0.15, 0.2) is 83.5 Å². The van der Waals surface area contributed by atoms with Gasteiger partial charge in [-0.3, -0.25) is 4.98 Å². The molecule has 0 unspecified atom stereocenters. The third kappa shape index (κ3) is 5.05. The summed E-state index contributed by atoms with van der Waals surface area (Å²) in [6.45, 7) is 2.51. The second-order valence-corrected chi connectivity index (χ2v) is 9.68. The molecule has 196 valence electrons. The topological polar surface area (TPSA) is 80.7 Å². The van der Waals surface area contributed by atoms with E-state index < -0.39 is 11.7 Å². The van der Waals surface area contributed by atoms with Crippen molar-refractivity contribution in [2.45, 2.75) is 19.6 Å². The third-order valence-electron chi connectivity index (χ3n) is 6.14. The normalized spacial score (nSPS) is 11.8.